The summed E-state index contributed by atoms with van der Waals surface area (Å²) in [4.78, 5) is 1.75. The summed E-state index contributed by atoms with van der Waals surface area (Å²) in [5.74, 6) is 0. The van der Waals surface area contributed by atoms with E-state index in [2.05, 4.69) is 27.7 Å². The third-order valence-electron chi connectivity index (χ3n) is 0.471. The van der Waals surface area contributed by atoms with Crippen molar-refractivity contribution in [3.05, 3.63) is 0 Å². The van der Waals surface area contributed by atoms with E-state index in [1.807, 2.05) is 0 Å². The van der Waals surface area contributed by atoms with Crippen LogP contribution in [0.25, 0.3) is 0 Å². The standard InChI is InChI=1S/2C3H7.Fe/c2*1-3-2;/h2*3H,1-2H3;/q;;+1. The molecule has 0 bridgehead atoms. The molecule has 0 amide bonds. The average molecular weight is 142 g/mol. The maximum atomic E-state index is 2.26. The fraction of sp³-hybridized carbons (Fsp3) is 1.00. The first kappa shape index (κ1) is 7.52. The van der Waals surface area contributed by atoms with Gasteiger partial charge in [0.25, 0.3) is 0 Å². The van der Waals surface area contributed by atoms with Crippen molar-refractivity contribution in [1.29, 1.82) is 0 Å². The second kappa shape index (κ2) is 3.51. The van der Waals surface area contributed by atoms with Crippen molar-refractivity contribution in [3.8, 4) is 0 Å². The van der Waals surface area contributed by atoms with Crippen LogP contribution in [0, 0.1) is 0 Å². The van der Waals surface area contributed by atoms with Crippen LogP contribution in [0.15, 0.2) is 0 Å². The van der Waals surface area contributed by atoms with E-state index in [0.29, 0.717) is 0 Å². The van der Waals surface area contributed by atoms with Crippen molar-refractivity contribution in [1.82, 2.24) is 0 Å². The molecule has 0 aromatic heterocycles. The average Bonchev–Trinajstić information content (AvgIpc) is 1.27. The van der Waals surface area contributed by atoms with Crippen LogP contribution in [-0.2, 0) is 15.0 Å². The summed E-state index contributed by atoms with van der Waals surface area (Å²) < 4.78 is 0. The monoisotopic (exact) mass is 142 g/mol. The van der Waals surface area contributed by atoms with E-state index in [0.717, 1.165) is 9.63 Å². The van der Waals surface area contributed by atoms with Gasteiger partial charge < -0.3 is 0 Å². The molecule has 0 radical (unpaired) electrons. The molecule has 0 saturated carbocycles. The summed E-state index contributed by atoms with van der Waals surface area (Å²) in [5.41, 5.74) is 0. The Bertz CT molecular complexity index is 33.4. The maximum absolute atomic E-state index is 2.26. The summed E-state index contributed by atoms with van der Waals surface area (Å²) in [6.45, 7) is 9.06. The number of hydrogen-bond acceptors (Lipinski definition) is 0. The molecule has 0 atom stereocenters. The molecule has 7 heavy (non-hydrogen) atoms. The van der Waals surface area contributed by atoms with E-state index < -0.39 is 0 Å². The molecule has 45 valence electrons. The van der Waals surface area contributed by atoms with Crippen molar-refractivity contribution in [2.75, 3.05) is 0 Å². The van der Waals surface area contributed by atoms with Crippen LogP contribution >= 0.6 is 0 Å². The quantitative estimate of drug-likeness (QED) is 0.520. The van der Waals surface area contributed by atoms with E-state index in [-0.39, 0.29) is 0 Å². The summed E-state index contributed by atoms with van der Waals surface area (Å²) in [7, 11) is 0. The van der Waals surface area contributed by atoms with Crippen LogP contribution in [0.4, 0.5) is 0 Å². The first-order valence-electron chi connectivity index (χ1n) is 2.72. The van der Waals surface area contributed by atoms with E-state index in [9.17, 15) is 0 Å². The van der Waals surface area contributed by atoms with Crippen LogP contribution in [0.1, 0.15) is 27.7 Å². The van der Waals surface area contributed by atoms with Crippen LogP contribution in [0.5, 0.6) is 0 Å². The van der Waals surface area contributed by atoms with Crippen LogP contribution in [-0.4, -0.2) is 0 Å². The molecule has 0 N–H and O–H groups in total. The van der Waals surface area contributed by atoms with E-state index >= 15 is 0 Å². The minimum absolute atomic E-state index is 0.875. The van der Waals surface area contributed by atoms with E-state index in [1.165, 1.54) is 15.0 Å². The zero-order valence-electron chi connectivity index (χ0n) is 5.51. The Labute approximate surface area is 52.8 Å². The molecule has 0 aliphatic heterocycles. The second-order valence-electron chi connectivity index (χ2n) is 2.09. The topological polar surface area (TPSA) is 0 Å². The van der Waals surface area contributed by atoms with E-state index in [1.54, 1.807) is 0 Å². The number of rotatable bonds is 2. The molecule has 0 aromatic rings. The van der Waals surface area contributed by atoms with Gasteiger partial charge in [0.2, 0.25) is 0 Å². The normalized spacial score (nSPS) is 11.1. The molecule has 0 nitrogen and oxygen atoms in total. The predicted molar refractivity (Wildman–Crippen MR) is 30.2 cm³/mol. The fourth-order valence-electron chi connectivity index (χ4n) is 0.471. The van der Waals surface area contributed by atoms with Gasteiger partial charge in [-0.2, -0.15) is 0 Å². The zero-order chi connectivity index (χ0) is 5.86. The summed E-state index contributed by atoms with van der Waals surface area (Å²) in [5, 5.41) is 0. The Hall–Kier alpha value is 0.519. The molecule has 0 saturated heterocycles. The van der Waals surface area contributed by atoms with Gasteiger partial charge in [-0.25, -0.2) is 0 Å². The molecule has 0 aliphatic rings. The van der Waals surface area contributed by atoms with Gasteiger partial charge in [0.1, 0.15) is 0 Å². The molecule has 0 aliphatic carbocycles. The Balaban J connectivity index is 2.95. The molecule has 0 unspecified atom stereocenters. The van der Waals surface area contributed by atoms with Gasteiger partial charge in [0.05, 0.1) is 0 Å². The Morgan fingerprint density at radius 2 is 1.14 bits per heavy atom. The van der Waals surface area contributed by atoms with Gasteiger partial charge in [-0.3, -0.25) is 0 Å². The van der Waals surface area contributed by atoms with Gasteiger partial charge in [-0.15, -0.1) is 0 Å². The molecule has 0 heterocycles. The van der Waals surface area contributed by atoms with Gasteiger partial charge in [0, 0.05) is 0 Å². The first-order valence-corrected chi connectivity index (χ1v) is 3.99. The SMILES string of the molecule is C[CH](C)[Fe+][CH](C)C. The molecule has 1 heteroatoms. The van der Waals surface area contributed by atoms with Crippen molar-refractivity contribution >= 4 is 0 Å². The van der Waals surface area contributed by atoms with Gasteiger partial charge in [-0.1, -0.05) is 0 Å². The Morgan fingerprint density at radius 3 is 1.14 bits per heavy atom. The molecule has 0 rings (SSSR count). The number of hydrogen-bond donors (Lipinski definition) is 0. The fourth-order valence-corrected chi connectivity index (χ4v) is 1.94. The van der Waals surface area contributed by atoms with Gasteiger partial charge in [0.15, 0.2) is 0 Å². The molecule has 0 spiro atoms. The third-order valence-corrected chi connectivity index (χ3v) is 1.94. The molecule has 0 fully saturated rings. The van der Waals surface area contributed by atoms with Crippen LogP contribution in [0.2, 0.25) is 9.63 Å². The van der Waals surface area contributed by atoms with Gasteiger partial charge in [-0.05, 0) is 0 Å². The molecule has 0 aromatic carbocycles. The Morgan fingerprint density at radius 1 is 0.857 bits per heavy atom. The first-order chi connectivity index (χ1) is 3.13. The van der Waals surface area contributed by atoms with Crippen molar-refractivity contribution in [2.24, 2.45) is 0 Å². The van der Waals surface area contributed by atoms with Crippen LogP contribution in [0.3, 0.4) is 0 Å². The van der Waals surface area contributed by atoms with Crippen molar-refractivity contribution in [3.63, 3.8) is 0 Å². The summed E-state index contributed by atoms with van der Waals surface area (Å²) >= 11 is 1.36. The summed E-state index contributed by atoms with van der Waals surface area (Å²) in [6, 6.07) is 0. The predicted octanol–water partition coefficient (Wildman–Crippen LogP) is 2.73. The minimum atomic E-state index is 0.875. The van der Waals surface area contributed by atoms with Gasteiger partial charge >= 0.3 is 52.3 Å². The van der Waals surface area contributed by atoms with Crippen molar-refractivity contribution < 1.29 is 15.0 Å². The summed E-state index contributed by atoms with van der Waals surface area (Å²) in [6.07, 6.45) is 0. The third kappa shape index (κ3) is 6.52. The van der Waals surface area contributed by atoms with Crippen LogP contribution < -0.4 is 0 Å². The Kier molecular flexibility index (Phi) is 3.77. The molecular formula is C6H14Fe+. The van der Waals surface area contributed by atoms with Crippen molar-refractivity contribution in [2.45, 2.75) is 37.3 Å². The molecular weight excluding hydrogens is 128 g/mol. The van der Waals surface area contributed by atoms with E-state index in [4.69, 9.17) is 0 Å². The second-order valence-corrected chi connectivity index (χ2v) is 5.01. The zero-order valence-corrected chi connectivity index (χ0v) is 6.61.